The first-order valence-corrected chi connectivity index (χ1v) is 11.6. The molecule has 0 aliphatic rings. The van der Waals surface area contributed by atoms with Crippen LogP contribution in [0.2, 0.25) is 0 Å². The van der Waals surface area contributed by atoms with E-state index in [4.69, 9.17) is 4.74 Å². The lowest BCUT2D eigenvalue weighted by Crippen LogP contribution is -2.29. The average Bonchev–Trinajstić information content (AvgIpc) is 2.79. The van der Waals surface area contributed by atoms with Gasteiger partial charge in [-0.25, -0.2) is 23.5 Å². The van der Waals surface area contributed by atoms with E-state index in [1.807, 2.05) is 35.9 Å². The Labute approximate surface area is 190 Å². The highest BCUT2D eigenvalue weighted by Crippen LogP contribution is 2.20. The van der Waals surface area contributed by atoms with Gasteiger partial charge in [0.05, 0.1) is 37.2 Å². The van der Waals surface area contributed by atoms with Crippen molar-refractivity contribution in [3.05, 3.63) is 77.7 Å². The molecule has 1 aromatic heterocycles. The van der Waals surface area contributed by atoms with E-state index in [2.05, 4.69) is 20.5 Å². The Bertz CT molecular complexity index is 1270. The van der Waals surface area contributed by atoms with Crippen LogP contribution in [-0.2, 0) is 10.0 Å². The van der Waals surface area contributed by atoms with Gasteiger partial charge in [0.1, 0.15) is 11.4 Å². The van der Waals surface area contributed by atoms with E-state index >= 15 is 0 Å². The van der Waals surface area contributed by atoms with E-state index < -0.39 is 21.8 Å². The van der Waals surface area contributed by atoms with Crippen molar-refractivity contribution < 1.29 is 22.7 Å². The first-order chi connectivity index (χ1) is 15.7. The summed E-state index contributed by atoms with van der Waals surface area (Å²) in [5, 5.41) is 3.88. The zero-order valence-electron chi connectivity index (χ0n) is 17.8. The Morgan fingerprint density at radius 2 is 1.73 bits per heavy atom. The molecule has 2 N–H and O–H groups in total. The van der Waals surface area contributed by atoms with Gasteiger partial charge in [0.2, 0.25) is 10.0 Å². The predicted molar refractivity (Wildman–Crippen MR) is 122 cm³/mol. The number of hydrazone groups is 1. The fraction of sp³-hybridized carbons (Fsp3) is 0.136. The minimum atomic E-state index is -3.65. The minimum Gasteiger partial charge on any atom is -0.494 e. The second kappa shape index (κ2) is 10.5. The second-order valence-electron chi connectivity index (χ2n) is 6.77. The van der Waals surface area contributed by atoms with Gasteiger partial charge in [0, 0.05) is 11.1 Å². The number of sulfonamides is 1. The molecule has 0 saturated heterocycles. The number of nitrogens with one attached hydrogen (secondary N) is 2. The van der Waals surface area contributed by atoms with Gasteiger partial charge in [0.15, 0.2) is 0 Å². The van der Waals surface area contributed by atoms with E-state index in [0.29, 0.717) is 17.9 Å². The first-order valence-electron chi connectivity index (χ1n) is 9.76. The molecule has 0 aliphatic heterocycles. The molecular weight excluding hydrogens is 446 g/mol. The molecule has 0 radical (unpaired) electrons. The maximum Gasteiger partial charge on any atom is 0.291 e. The molecule has 11 heteroatoms. The fourth-order valence-corrected chi connectivity index (χ4v) is 3.13. The van der Waals surface area contributed by atoms with E-state index in [1.165, 1.54) is 24.5 Å². The first kappa shape index (κ1) is 23.5. The van der Waals surface area contributed by atoms with Crippen molar-refractivity contribution in [2.45, 2.75) is 6.92 Å². The van der Waals surface area contributed by atoms with Gasteiger partial charge >= 0.3 is 0 Å². The van der Waals surface area contributed by atoms with Crippen LogP contribution in [0.15, 0.2) is 66.0 Å². The van der Waals surface area contributed by atoms with Crippen LogP contribution in [0.3, 0.4) is 0 Å². The summed E-state index contributed by atoms with van der Waals surface area (Å²) >= 11 is 0. The molecule has 0 saturated carbocycles. The Morgan fingerprint density at radius 1 is 1.03 bits per heavy atom. The van der Waals surface area contributed by atoms with Crippen LogP contribution in [0, 0.1) is 0 Å². The zero-order valence-corrected chi connectivity index (χ0v) is 18.7. The topological polar surface area (TPSA) is 140 Å². The molecular formula is C22H21N5O5S. The molecule has 0 bridgehead atoms. The summed E-state index contributed by atoms with van der Waals surface area (Å²) in [5.74, 6) is -0.544. The number of carbonyl (C=O) groups excluding carboxylic acids is 2. The molecule has 1 heterocycles. The van der Waals surface area contributed by atoms with Gasteiger partial charge in [-0.15, -0.1) is 0 Å². The van der Waals surface area contributed by atoms with Gasteiger partial charge in [-0.1, -0.05) is 12.1 Å². The van der Waals surface area contributed by atoms with Crippen LogP contribution in [0.1, 0.15) is 33.3 Å². The highest BCUT2D eigenvalue weighted by atomic mass is 32.2. The molecule has 0 fully saturated rings. The monoisotopic (exact) mass is 467 g/mol. The van der Waals surface area contributed by atoms with Crippen LogP contribution in [-0.4, -0.2) is 49.3 Å². The molecule has 3 rings (SSSR count). The predicted octanol–water partition coefficient (Wildman–Crippen LogP) is 2.00. The number of benzene rings is 2. The van der Waals surface area contributed by atoms with E-state index in [9.17, 15) is 18.0 Å². The largest absolute Gasteiger partial charge is 0.494 e. The van der Waals surface area contributed by atoms with Crippen molar-refractivity contribution in [1.29, 1.82) is 0 Å². The average molecular weight is 468 g/mol. The number of ether oxygens (including phenoxy) is 1. The number of rotatable bonds is 8. The Morgan fingerprint density at radius 3 is 2.36 bits per heavy atom. The number of amides is 2. The Kier molecular flexibility index (Phi) is 7.46. The van der Waals surface area contributed by atoms with Crippen LogP contribution < -0.4 is 14.9 Å². The zero-order chi connectivity index (χ0) is 23.8. The third kappa shape index (κ3) is 6.94. The third-order valence-electron chi connectivity index (χ3n) is 4.16. The van der Waals surface area contributed by atoms with Crippen LogP contribution in [0.5, 0.6) is 5.75 Å². The van der Waals surface area contributed by atoms with Crippen LogP contribution in [0.25, 0.3) is 11.3 Å². The van der Waals surface area contributed by atoms with Crippen molar-refractivity contribution in [2.24, 2.45) is 5.10 Å². The summed E-state index contributed by atoms with van der Waals surface area (Å²) < 4.78 is 29.6. The molecule has 2 aromatic carbocycles. The summed E-state index contributed by atoms with van der Waals surface area (Å²) in [5.41, 5.74) is 4.52. The lowest BCUT2D eigenvalue weighted by Gasteiger charge is -2.06. The normalized spacial score (nSPS) is 11.2. The van der Waals surface area contributed by atoms with E-state index in [-0.39, 0.29) is 11.3 Å². The standard InChI is InChI=1S/C22H21N5O5S/c1-3-32-18-10-8-16(9-11-18)19-13-23-14-20(25-19)22(29)26-24-12-15-4-6-17(7-5-15)21(28)27-33(2,30)31/h4-14H,3H2,1-2H3,(H,26,29)(H,27,28). The maximum absolute atomic E-state index is 12.4. The van der Waals surface area contributed by atoms with Crippen molar-refractivity contribution in [2.75, 3.05) is 12.9 Å². The SMILES string of the molecule is CCOc1ccc(-c2cncc(C(=O)NN=Cc3ccc(C(=O)NS(C)(=O)=O)cc3)n2)cc1. The molecule has 2 amide bonds. The molecule has 10 nitrogen and oxygen atoms in total. The summed E-state index contributed by atoms with van der Waals surface area (Å²) in [4.78, 5) is 32.6. The van der Waals surface area contributed by atoms with Gasteiger partial charge in [-0.3, -0.25) is 14.6 Å². The highest BCUT2D eigenvalue weighted by Gasteiger charge is 2.11. The molecule has 33 heavy (non-hydrogen) atoms. The number of carbonyl (C=O) groups is 2. The number of hydrogen-bond donors (Lipinski definition) is 2. The molecule has 0 atom stereocenters. The smallest absolute Gasteiger partial charge is 0.291 e. The van der Waals surface area contributed by atoms with Crippen molar-refractivity contribution in [1.82, 2.24) is 20.1 Å². The van der Waals surface area contributed by atoms with Crippen LogP contribution >= 0.6 is 0 Å². The summed E-state index contributed by atoms with van der Waals surface area (Å²) in [6.45, 7) is 2.47. The second-order valence-corrected chi connectivity index (χ2v) is 8.52. The number of hydrogen-bond acceptors (Lipinski definition) is 8. The number of nitrogens with zero attached hydrogens (tertiary/aromatic N) is 3. The van der Waals surface area contributed by atoms with E-state index in [1.54, 1.807) is 18.3 Å². The van der Waals surface area contributed by atoms with Crippen molar-refractivity contribution in [3.63, 3.8) is 0 Å². The maximum atomic E-state index is 12.4. The van der Waals surface area contributed by atoms with Gasteiger partial charge in [-0.05, 0) is 48.9 Å². The molecule has 0 aliphatic carbocycles. The molecule has 0 spiro atoms. The lowest BCUT2D eigenvalue weighted by atomic mass is 10.1. The van der Waals surface area contributed by atoms with Gasteiger partial charge in [-0.2, -0.15) is 5.10 Å². The molecule has 170 valence electrons. The Balaban J connectivity index is 1.62. The summed E-state index contributed by atoms with van der Waals surface area (Å²) in [7, 11) is -3.65. The Hall–Kier alpha value is -4.12. The summed E-state index contributed by atoms with van der Waals surface area (Å²) in [6, 6.07) is 13.3. The summed E-state index contributed by atoms with van der Waals surface area (Å²) in [6.07, 6.45) is 5.15. The third-order valence-corrected chi connectivity index (χ3v) is 4.72. The van der Waals surface area contributed by atoms with Crippen molar-refractivity contribution >= 4 is 28.1 Å². The lowest BCUT2D eigenvalue weighted by molar-refractivity contribution is 0.0948. The highest BCUT2D eigenvalue weighted by molar-refractivity contribution is 7.89. The van der Waals surface area contributed by atoms with Crippen LogP contribution in [0.4, 0.5) is 0 Å². The van der Waals surface area contributed by atoms with Gasteiger partial charge < -0.3 is 4.74 Å². The van der Waals surface area contributed by atoms with Gasteiger partial charge in [0.25, 0.3) is 11.8 Å². The number of aromatic nitrogens is 2. The molecule has 0 unspecified atom stereocenters. The minimum absolute atomic E-state index is 0.0892. The quantitative estimate of drug-likeness (QED) is 0.381. The van der Waals surface area contributed by atoms with E-state index in [0.717, 1.165) is 17.6 Å². The van der Waals surface area contributed by atoms with Crippen molar-refractivity contribution in [3.8, 4) is 17.0 Å². The fourth-order valence-electron chi connectivity index (χ4n) is 2.67. The molecule has 3 aromatic rings.